The van der Waals surface area contributed by atoms with Crippen LogP contribution in [0.25, 0.3) is 0 Å². The number of hydrogen-bond acceptors (Lipinski definition) is 3. The van der Waals surface area contributed by atoms with Crippen LogP contribution >= 0.6 is 15.9 Å². The van der Waals surface area contributed by atoms with Crippen molar-refractivity contribution in [2.24, 2.45) is 0 Å². The Morgan fingerprint density at radius 3 is 1.89 bits per heavy atom. The maximum absolute atomic E-state index is 12.3. The summed E-state index contributed by atoms with van der Waals surface area (Å²) in [5, 5.41) is 5.64. The van der Waals surface area contributed by atoms with Crippen LogP contribution in [0.4, 0.5) is 11.4 Å². The molecule has 6 heteroatoms. The van der Waals surface area contributed by atoms with E-state index in [2.05, 4.69) is 26.6 Å². The molecule has 0 saturated carbocycles. The van der Waals surface area contributed by atoms with E-state index in [1.54, 1.807) is 67.8 Å². The van der Waals surface area contributed by atoms with Crippen molar-refractivity contribution in [3.8, 4) is 5.75 Å². The van der Waals surface area contributed by atoms with Gasteiger partial charge in [0.25, 0.3) is 11.8 Å². The van der Waals surface area contributed by atoms with Crippen LogP contribution in [0.15, 0.2) is 77.3 Å². The number of nitrogens with one attached hydrogen (secondary N) is 2. The summed E-state index contributed by atoms with van der Waals surface area (Å²) in [4.78, 5) is 24.5. The molecule has 136 valence electrons. The molecule has 0 aliphatic rings. The molecular formula is C21H17BrN2O3. The lowest BCUT2D eigenvalue weighted by atomic mass is 10.2. The number of ether oxygens (including phenoxy) is 1. The highest BCUT2D eigenvalue weighted by molar-refractivity contribution is 9.10. The van der Waals surface area contributed by atoms with Crippen molar-refractivity contribution in [2.75, 3.05) is 17.7 Å². The molecule has 3 aromatic rings. The van der Waals surface area contributed by atoms with E-state index in [9.17, 15) is 9.59 Å². The number of halogens is 1. The minimum absolute atomic E-state index is 0.198. The van der Waals surface area contributed by atoms with Gasteiger partial charge < -0.3 is 15.4 Å². The first-order chi connectivity index (χ1) is 13.0. The standard InChI is InChI=1S/C21H17BrN2O3/c1-27-19-4-2-3-15(13-19)21(26)24-18-11-9-17(10-12-18)23-20(25)14-5-7-16(22)8-6-14/h2-13H,1H3,(H,23,25)(H,24,26). The maximum Gasteiger partial charge on any atom is 0.255 e. The SMILES string of the molecule is COc1cccc(C(=O)Nc2ccc(NC(=O)c3ccc(Br)cc3)cc2)c1. The van der Waals surface area contributed by atoms with Crippen molar-refractivity contribution in [3.05, 3.63) is 88.4 Å². The molecule has 0 aromatic heterocycles. The molecule has 0 bridgehead atoms. The third kappa shape index (κ3) is 4.95. The summed E-state index contributed by atoms with van der Waals surface area (Å²) < 4.78 is 6.04. The number of rotatable bonds is 5. The van der Waals surface area contributed by atoms with Crippen LogP contribution in [0.2, 0.25) is 0 Å². The predicted octanol–water partition coefficient (Wildman–Crippen LogP) is 4.96. The molecule has 0 unspecified atom stereocenters. The topological polar surface area (TPSA) is 67.4 Å². The first kappa shape index (κ1) is 18.7. The van der Waals surface area contributed by atoms with E-state index in [0.29, 0.717) is 28.3 Å². The number of methoxy groups -OCH3 is 1. The van der Waals surface area contributed by atoms with Crippen molar-refractivity contribution < 1.29 is 14.3 Å². The fraction of sp³-hybridized carbons (Fsp3) is 0.0476. The summed E-state index contributed by atoms with van der Waals surface area (Å²) >= 11 is 3.34. The highest BCUT2D eigenvalue weighted by Gasteiger charge is 2.08. The molecule has 0 spiro atoms. The van der Waals surface area contributed by atoms with Crippen LogP contribution in [0.3, 0.4) is 0 Å². The highest BCUT2D eigenvalue weighted by Crippen LogP contribution is 2.18. The summed E-state index contributed by atoms with van der Waals surface area (Å²) in [5.41, 5.74) is 2.34. The van der Waals surface area contributed by atoms with Crippen molar-refractivity contribution in [3.63, 3.8) is 0 Å². The van der Waals surface area contributed by atoms with Gasteiger partial charge in [0.15, 0.2) is 0 Å². The number of benzene rings is 3. The Morgan fingerprint density at radius 2 is 1.33 bits per heavy atom. The molecule has 0 heterocycles. The molecular weight excluding hydrogens is 408 g/mol. The van der Waals surface area contributed by atoms with E-state index < -0.39 is 0 Å². The van der Waals surface area contributed by atoms with Gasteiger partial charge >= 0.3 is 0 Å². The molecule has 3 rings (SSSR count). The van der Waals surface area contributed by atoms with Crippen LogP contribution in [-0.4, -0.2) is 18.9 Å². The summed E-state index contributed by atoms with van der Waals surface area (Å²) in [6.07, 6.45) is 0. The van der Waals surface area contributed by atoms with Crippen LogP contribution < -0.4 is 15.4 Å². The second-order valence-electron chi connectivity index (χ2n) is 5.72. The third-order valence-electron chi connectivity index (χ3n) is 3.84. The summed E-state index contributed by atoms with van der Waals surface area (Å²) in [6, 6.07) is 20.9. The molecule has 5 nitrogen and oxygen atoms in total. The lowest BCUT2D eigenvalue weighted by Crippen LogP contribution is -2.13. The fourth-order valence-corrected chi connectivity index (χ4v) is 2.67. The molecule has 27 heavy (non-hydrogen) atoms. The number of hydrogen-bond donors (Lipinski definition) is 2. The van der Waals surface area contributed by atoms with Gasteiger partial charge in [-0.15, -0.1) is 0 Å². The fourth-order valence-electron chi connectivity index (χ4n) is 2.41. The second-order valence-corrected chi connectivity index (χ2v) is 6.64. The molecule has 0 aliphatic heterocycles. The summed E-state index contributed by atoms with van der Waals surface area (Å²) in [7, 11) is 1.55. The molecule has 2 N–H and O–H groups in total. The Balaban J connectivity index is 1.63. The zero-order valence-corrected chi connectivity index (χ0v) is 16.1. The van der Waals surface area contributed by atoms with Gasteiger partial charge in [0.05, 0.1) is 7.11 Å². The zero-order valence-electron chi connectivity index (χ0n) is 14.5. The predicted molar refractivity (Wildman–Crippen MR) is 109 cm³/mol. The van der Waals surface area contributed by atoms with E-state index in [-0.39, 0.29) is 11.8 Å². The average molecular weight is 425 g/mol. The van der Waals surface area contributed by atoms with E-state index in [4.69, 9.17) is 4.74 Å². The Bertz CT molecular complexity index is 954. The Labute approximate surface area is 165 Å². The largest absolute Gasteiger partial charge is 0.497 e. The number of anilines is 2. The van der Waals surface area contributed by atoms with Crippen molar-refractivity contribution in [2.45, 2.75) is 0 Å². The number of amides is 2. The van der Waals surface area contributed by atoms with Gasteiger partial charge in [0.1, 0.15) is 5.75 Å². The lowest BCUT2D eigenvalue weighted by Gasteiger charge is -2.09. The van der Waals surface area contributed by atoms with Gasteiger partial charge in [-0.3, -0.25) is 9.59 Å². The number of carbonyl (C=O) groups excluding carboxylic acids is 2. The summed E-state index contributed by atoms with van der Waals surface area (Å²) in [5.74, 6) is 0.185. The van der Waals surface area contributed by atoms with E-state index in [1.807, 2.05) is 12.1 Å². The Kier molecular flexibility index (Phi) is 5.88. The zero-order chi connectivity index (χ0) is 19.2. The highest BCUT2D eigenvalue weighted by atomic mass is 79.9. The molecule has 0 fully saturated rings. The van der Waals surface area contributed by atoms with Gasteiger partial charge in [-0.2, -0.15) is 0 Å². The first-order valence-electron chi connectivity index (χ1n) is 8.17. The Morgan fingerprint density at radius 1 is 0.778 bits per heavy atom. The minimum Gasteiger partial charge on any atom is -0.497 e. The van der Waals surface area contributed by atoms with Gasteiger partial charge in [-0.1, -0.05) is 22.0 Å². The van der Waals surface area contributed by atoms with E-state index in [0.717, 1.165) is 4.47 Å². The maximum atomic E-state index is 12.3. The van der Waals surface area contributed by atoms with Gasteiger partial charge in [0.2, 0.25) is 0 Å². The quantitative estimate of drug-likeness (QED) is 0.607. The lowest BCUT2D eigenvalue weighted by molar-refractivity contribution is 0.101. The van der Waals surface area contributed by atoms with E-state index in [1.165, 1.54) is 0 Å². The van der Waals surface area contributed by atoms with Gasteiger partial charge in [-0.05, 0) is 66.7 Å². The van der Waals surface area contributed by atoms with Crippen LogP contribution in [0.1, 0.15) is 20.7 Å². The minimum atomic E-state index is -0.236. The third-order valence-corrected chi connectivity index (χ3v) is 4.37. The molecule has 2 amide bonds. The van der Waals surface area contributed by atoms with Crippen molar-refractivity contribution in [1.82, 2.24) is 0 Å². The monoisotopic (exact) mass is 424 g/mol. The average Bonchev–Trinajstić information content (AvgIpc) is 2.70. The molecule has 0 atom stereocenters. The molecule has 3 aromatic carbocycles. The smallest absolute Gasteiger partial charge is 0.255 e. The second kappa shape index (κ2) is 8.51. The number of carbonyl (C=O) groups is 2. The van der Waals surface area contributed by atoms with Crippen LogP contribution in [-0.2, 0) is 0 Å². The molecule has 0 radical (unpaired) electrons. The van der Waals surface area contributed by atoms with Gasteiger partial charge in [0, 0.05) is 27.0 Å². The van der Waals surface area contributed by atoms with Crippen LogP contribution in [0.5, 0.6) is 5.75 Å². The van der Waals surface area contributed by atoms with Crippen molar-refractivity contribution >= 4 is 39.1 Å². The first-order valence-corrected chi connectivity index (χ1v) is 8.97. The summed E-state index contributed by atoms with van der Waals surface area (Å²) in [6.45, 7) is 0. The van der Waals surface area contributed by atoms with Crippen LogP contribution in [0, 0.1) is 0 Å². The molecule has 0 aliphatic carbocycles. The normalized spacial score (nSPS) is 10.1. The Hall–Kier alpha value is -3.12. The van der Waals surface area contributed by atoms with E-state index >= 15 is 0 Å². The van der Waals surface area contributed by atoms with Gasteiger partial charge in [-0.25, -0.2) is 0 Å². The molecule has 0 saturated heterocycles. The van der Waals surface area contributed by atoms with Crippen molar-refractivity contribution in [1.29, 1.82) is 0 Å².